The van der Waals surface area contributed by atoms with E-state index in [4.69, 9.17) is 0 Å². The third kappa shape index (κ3) is 3.33. The Bertz CT molecular complexity index is 386. The molecule has 0 unspecified atom stereocenters. The van der Waals surface area contributed by atoms with E-state index < -0.39 is 0 Å². The van der Waals surface area contributed by atoms with Gasteiger partial charge in [-0.1, -0.05) is 13.8 Å². The summed E-state index contributed by atoms with van der Waals surface area (Å²) >= 11 is 0. The Kier molecular flexibility index (Phi) is 5.86. The second kappa shape index (κ2) is 7.17. The second-order valence-electron chi connectivity index (χ2n) is 4.55. The zero-order valence-corrected chi connectivity index (χ0v) is 11.5. The minimum absolute atomic E-state index is 0.144. The molecule has 0 fully saturated rings. The Morgan fingerprint density at radius 2 is 2.00 bits per heavy atom. The van der Waals surface area contributed by atoms with Crippen molar-refractivity contribution in [2.24, 2.45) is 0 Å². The van der Waals surface area contributed by atoms with E-state index in [1.807, 2.05) is 25.1 Å². The molecular weight excluding hydrogens is 226 g/mol. The van der Waals surface area contributed by atoms with Crippen LogP contribution in [0.4, 0.5) is 5.69 Å². The number of benzene rings is 1. The Morgan fingerprint density at radius 1 is 1.33 bits per heavy atom. The van der Waals surface area contributed by atoms with Gasteiger partial charge in [0.05, 0.1) is 6.61 Å². The topological polar surface area (TPSA) is 40.5 Å². The van der Waals surface area contributed by atoms with E-state index in [9.17, 15) is 9.90 Å². The molecule has 0 saturated heterocycles. The number of carbonyl (C=O) groups excluding carboxylic acids is 1. The maximum Gasteiger partial charge on any atom is 0.150 e. The van der Waals surface area contributed by atoms with Crippen LogP contribution < -0.4 is 4.90 Å². The van der Waals surface area contributed by atoms with Crippen LogP contribution in [0.3, 0.4) is 0 Å². The summed E-state index contributed by atoms with van der Waals surface area (Å²) in [6, 6.07) is 6.14. The lowest BCUT2D eigenvalue weighted by Crippen LogP contribution is -2.37. The van der Waals surface area contributed by atoms with Crippen LogP contribution in [0.5, 0.6) is 0 Å². The molecule has 0 amide bonds. The number of aryl methyl sites for hydroxylation is 1. The lowest BCUT2D eigenvalue weighted by molar-refractivity contribution is 0.112. The lowest BCUT2D eigenvalue weighted by atomic mass is 10.0. The molecule has 0 aliphatic heterocycles. The highest BCUT2D eigenvalue weighted by Gasteiger charge is 2.16. The maximum atomic E-state index is 10.8. The van der Waals surface area contributed by atoms with Gasteiger partial charge in [0.1, 0.15) is 6.29 Å². The van der Waals surface area contributed by atoms with Gasteiger partial charge in [0, 0.05) is 23.8 Å². The summed E-state index contributed by atoms with van der Waals surface area (Å²) < 4.78 is 0. The summed E-state index contributed by atoms with van der Waals surface area (Å²) in [5, 5.41) is 9.23. The third-order valence-electron chi connectivity index (χ3n) is 3.39. The van der Waals surface area contributed by atoms with E-state index in [2.05, 4.69) is 18.7 Å². The molecule has 1 aromatic carbocycles. The van der Waals surface area contributed by atoms with Gasteiger partial charge in [-0.2, -0.15) is 0 Å². The summed E-state index contributed by atoms with van der Waals surface area (Å²) in [6.45, 7) is 7.11. The van der Waals surface area contributed by atoms with E-state index in [-0.39, 0.29) is 6.61 Å². The first-order valence-corrected chi connectivity index (χ1v) is 6.61. The van der Waals surface area contributed by atoms with Crippen LogP contribution in [0.1, 0.15) is 42.6 Å². The number of aliphatic hydroxyl groups is 1. The molecule has 0 atom stereocenters. The summed E-state index contributed by atoms with van der Waals surface area (Å²) in [5.74, 6) is 0. The van der Waals surface area contributed by atoms with Gasteiger partial charge in [-0.15, -0.1) is 0 Å². The maximum absolute atomic E-state index is 10.8. The highest BCUT2D eigenvalue weighted by molar-refractivity contribution is 5.77. The average molecular weight is 249 g/mol. The Balaban J connectivity index is 3.08. The van der Waals surface area contributed by atoms with Crippen molar-refractivity contribution in [2.75, 3.05) is 18.1 Å². The minimum atomic E-state index is 0.144. The molecule has 1 aromatic rings. The van der Waals surface area contributed by atoms with Gasteiger partial charge in [-0.25, -0.2) is 0 Å². The molecule has 3 heteroatoms. The molecule has 0 aromatic heterocycles. The third-order valence-corrected chi connectivity index (χ3v) is 3.39. The molecule has 0 bridgehead atoms. The van der Waals surface area contributed by atoms with E-state index >= 15 is 0 Å². The van der Waals surface area contributed by atoms with Crippen LogP contribution in [0.25, 0.3) is 0 Å². The van der Waals surface area contributed by atoms with Crippen LogP contribution >= 0.6 is 0 Å². The monoisotopic (exact) mass is 249 g/mol. The van der Waals surface area contributed by atoms with Gasteiger partial charge in [-0.05, 0) is 43.5 Å². The average Bonchev–Trinajstić information content (AvgIpc) is 2.39. The number of anilines is 1. The van der Waals surface area contributed by atoms with Gasteiger partial charge in [-0.3, -0.25) is 4.79 Å². The van der Waals surface area contributed by atoms with Gasteiger partial charge in [0.15, 0.2) is 0 Å². The fourth-order valence-corrected chi connectivity index (χ4v) is 2.41. The number of aliphatic hydroxyl groups excluding tert-OH is 1. The summed E-state index contributed by atoms with van der Waals surface area (Å²) in [4.78, 5) is 13.0. The van der Waals surface area contributed by atoms with E-state index in [0.29, 0.717) is 18.2 Å². The molecule has 0 saturated carbocycles. The van der Waals surface area contributed by atoms with Crippen molar-refractivity contribution < 1.29 is 9.90 Å². The van der Waals surface area contributed by atoms with Crippen LogP contribution in [-0.4, -0.2) is 30.6 Å². The van der Waals surface area contributed by atoms with E-state index in [1.165, 1.54) is 0 Å². The predicted octanol–water partition coefficient (Wildman–Crippen LogP) is 2.79. The summed E-state index contributed by atoms with van der Waals surface area (Å²) in [6.07, 6.45) is 2.96. The molecule has 1 rings (SSSR count). The van der Waals surface area contributed by atoms with Crippen LogP contribution in [-0.2, 0) is 0 Å². The van der Waals surface area contributed by atoms with Gasteiger partial charge in [0.2, 0.25) is 0 Å². The summed E-state index contributed by atoms with van der Waals surface area (Å²) in [7, 11) is 0. The van der Waals surface area contributed by atoms with Crippen molar-refractivity contribution in [1.29, 1.82) is 0 Å². The first kappa shape index (κ1) is 14.7. The molecule has 18 heavy (non-hydrogen) atoms. The molecular formula is C15H23NO2. The lowest BCUT2D eigenvalue weighted by Gasteiger charge is -2.33. The Hall–Kier alpha value is -1.35. The highest BCUT2D eigenvalue weighted by Crippen LogP contribution is 2.25. The smallest absolute Gasteiger partial charge is 0.150 e. The molecule has 0 heterocycles. The van der Waals surface area contributed by atoms with E-state index in [0.717, 1.165) is 30.4 Å². The minimum Gasteiger partial charge on any atom is -0.395 e. The first-order valence-electron chi connectivity index (χ1n) is 6.61. The molecule has 0 radical (unpaired) electrons. The fourth-order valence-electron chi connectivity index (χ4n) is 2.41. The van der Waals surface area contributed by atoms with Gasteiger partial charge in [0.25, 0.3) is 0 Å². The normalized spacial score (nSPS) is 10.7. The molecule has 100 valence electrons. The zero-order chi connectivity index (χ0) is 13.5. The van der Waals surface area contributed by atoms with Gasteiger partial charge < -0.3 is 10.0 Å². The zero-order valence-electron chi connectivity index (χ0n) is 11.5. The number of nitrogens with zero attached hydrogens (tertiary/aromatic N) is 1. The Labute approximate surface area is 109 Å². The van der Waals surface area contributed by atoms with Gasteiger partial charge >= 0.3 is 0 Å². The fraction of sp³-hybridized carbons (Fsp3) is 0.533. The summed E-state index contributed by atoms with van der Waals surface area (Å²) in [5.41, 5.74) is 2.90. The quantitative estimate of drug-likeness (QED) is 0.755. The van der Waals surface area contributed by atoms with Crippen molar-refractivity contribution >= 4 is 12.0 Å². The first-order chi connectivity index (χ1) is 8.67. The molecule has 0 spiro atoms. The number of hydrogen-bond donors (Lipinski definition) is 1. The largest absolute Gasteiger partial charge is 0.395 e. The second-order valence-corrected chi connectivity index (χ2v) is 4.55. The van der Waals surface area contributed by atoms with Crippen molar-refractivity contribution in [3.63, 3.8) is 0 Å². The highest BCUT2D eigenvalue weighted by atomic mass is 16.3. The molecule has 3 nitrogen and oxygen atoms in total. The van der Waals surface area contributed by atoms with Crippen molar-refractivity contribution in [3.05, 3.63) is 29.3 Å². The van der Waals surface area contributed by atoms with Crippen LogP contribution in [0, 0.1) is 6.92 Å². The number of hydrogen-bond acceptors (Lipinski definition) is 3. The van der Waals surface area contributed by atoms with Crippen LogP contribution in [0.15, 0.2) is 18.2 Å². The molecule has 0 aliphatic carbocycles. The van der Waals surface area contributed by atoms with Crippen molar-refractivity contribution in [1.82, 2.24) is 0 Å². The number of rotatable bonds is 7. The molecule has 0 aliphatic rings. The van der Waals surface area contributed by atoms with E-state index in [1.54, 1.807) is 0 Å². The van der Waals surface area contributed by atoms with Crippen LogP contribution in [0.2, 0.25) is 0 Å². The SMILES string of the molecule is CCC(CC)N(CCO)c1ccc(C=O)cc1C. The van der Waals surface area contributed by atoms with Crippen molar-refractivity contribution in [2.45, 2.75) is 39.7 Å². The predicted molar refractivity (Wildman–Crippen MR) is 75.4 cm³/mol. The number of aldehydes is 1. The molecule has 1 N–H and O–H groups in total. The van der Waals surface area contributed by atoms with Crippen molar-refractivity contribution in [3.8, 4) is 0 Å². The number of carbonyl (C=O) groups is 1. The Morgan fingerprint density at radius 3 is 2.44 bits per heavy atom. The standard InChI is InChI=1S/C15H23NO2/c1-4-14(5-2)16(8-9-17)15-7-6-13(11-18)10-12(15)3/h6-7,10-11,14,17H,4-5,8-9H2,1-3H3.